The molecule has 18 heavy (non-hydrogen) atoms. The molecule has 2 rings (SSSR count). The van der Waals surface area contributed by atoms with Crippen molar-refractivity contribution in [1.29, 1.82) is 5.26 Å². The zero-order valence-corrected chi connectivity index (χ0v) is 10.0. The fraction of sp³-hybridized carbons (Fsp3) is 0. The molecule has 0 bridgehead atoms. The molecular formula is C14H10LiN2O. The Labute approximate surface area is 118 Å². The van der Waals surface area contributed by atoms with Gasteiger partial charge in [-0.2, -0.15) is 5.26 Å². The molecule has 83 valence electrons. The van der Waals surface area contributed by atoms with Gasteiger partial charge < -0.3 is 5.11 Å². The van der Waals surface area contributed by atoms with E-state index >= 15 is 0 Å². The first kappa shape index (κ1) is 14.1. The monoisotopic (exact) mass is 229 g/mol. The van der Waals surface area contributed by atoms with Gasteiger partial charge in [0.2, 0.25) is 0 Å². The maximum Gasteiger partial charge on any atom is 0.124 e. The van der Waals surface area contributed by atoms with Crippen LogP contribution < -0.4 is 0 Å². The third-order valence-electron chi connectivity index (χ3n) is 2.30. The number of hydrogen-bond donors (Lipinski definition) is 1. The van der Waals surface area contributed by atoms with E-state index in [1.807, 2.05) is 12.1 Å². The summed E-state index contributed by atoms with van der Waals surface area (Å²) in [6.45, 7) is 0. The summed E-state index contributed by atoms with van der Waals surface area (Å²) in [6.07, 6.45) is 1.55. The van der Waals surface area contributed by atoms with Gasteiger partial charge in [-0.15, -0.1) is 0 Å². The summed E-state index contributed by atoms with van der Waals surface area (Å²) in [5.74, 6) is 0.172. The number of aliphatic imine (C=N–C) groups is 1. The minimum Gasteiger partial charge on any atom is -0.507 e. The third-order valence-corrected chi connectivity index (χ3v) is 2.30. The summed E-state index contributed by atoms with van der Waals surface area (Å²) in [5, 5.41) is 18.5. The predicted molar refractivity (Wildman–Crippen MR) is 72.3 cm³/mol. The molecule has 0 heterocycles. The van der Waals surface area contributed by atoms with E-state index in [0.717, 1.165) is 0 Å². The van der Waals surface area contributed by atoms with Gasteiger partial charge in [0, 0.05) is 30.6 Å². The number of phenolic OH excluding ortho intramolecular Hbond substituents is 1. The molecule has 0 saturated heterocycles. The van der Waals surface area contributed by atoms with Crippen LogP contribution in [0.4, 0.5) is 5.69 Å². The minimum absolute atomic E-state index is 0. The van der Waals surface area contributed by atoms with Crippen LogP contribution >= 0.6 is 0 Å². The van der Waals surface area contributed by atoms with Gasteiger partial charge in [-0.1, -0.05) is 24.3 Å². The maximum atomic E-state index is 9.56. The van der Waals surface area contributed by atoms with E-state index in [1.165, 1.54) is 0 Å². The second kappa shape index (κ2) is 6.66. The second-order valence-electron chi connectivity index (χ2n) is 3.45. The summed E-state index contributed by atoms with van der Waals surface area (Å²) in [7, 11) is 0. The molecule has 0 aliphatic heterocycles. The van der Waals surface area contributed by atoms with Gasteiger partial charge in [-0.25, -0.2) is 0 Å². The van der Waals surface area contributed by atoms with E-state index in [2.05, 4.69) is 11.1 Å². The number of rotatable bonds is 2. The summed E-state index contributed by atoms with van der Waals surface area (Å²) >= 11 is 0. The molecular weight excluding hydrogens is 219 g/mol. The van der Waals surface area contributed by atoms with Crippen LogP contribution in [0.2, 0.25) is 0 Å². The largest absolute Gasteiger partial charge is 0.507 e. The molecule has 2 aromatic rings. The van der Waals surface area contributed by atoms with E-state index in [1.54, 1.807) is 42.6 Å². The van der Waals surface area contributed by atoms with Crippen molar-refractivity contribution in [3.05, 3.63) is 59.7 Å². The van der Waals surface area contributed by atoms with E-state index in [-0.39, 0.29) is 24.6 Å². The molecule has 1 N–H and O–H groups in total. The van der Waals surface area contributed by atoms with Crippen molar-refractivity contribution >= 4 is 30.8 Å². The Balaban J connectivity index is 0.00000162. The van der Waals surface area contributed by atoms with Gasteiger partial charge in [0.15, 0.2) is 0 Å². The molecule has 0 aromatic heterocycles. The van der Waals surface area contributed by atoms with Gasteiger partial charge in [-0.05, 0) is 24.3 Å². The minimum atomic E-state index is 0. The van der Waals surface area contributed by atoms with Gasteiger partial charge >= 0.3 is 0 Å². The van der Waals surface area contributed by atoms with Crippen LogP contribution in [0.5, 0.6) is 5.75 Å². The summed E-state index contributed by atoms with van der Waals surface area (Å²) in [6, 6.07) is 16.1. The number of benzene rings is 2. The normalized spacial score (nSPS) is 9.72. The van der Waals surface area contributed by atoms with E-state index in [0.29, 0.717) is 16.8 Å². The number of hydrogen-bond acceptors (Lipinski definition) is 3. The Kier molecular flexibility index (Phi) is 5.21. The third kappa shape index (κ3) is 3.24. The number of aromatic hydroxyl groups is 1. The Bertz CT molecular complexity index is 603. The fourth-order valence-corrected chi connectivity index (χ4v) is 1.42. The van der Waals surface area contributed by atoms with Crippen LogP contribution in [0.1, 0.15) is 11.1 Å². The van der Waals surface area contributed by atoms with Crippen molar-refractivity contribution in [2.24, 2.45) is 4.99 Å². The number of nitrogens with zero attached hydrogens (tertiary/aromatic N) is 2. The topological polar surface area (TPSA) is 56.4 Å². The summed E-state index contributed by atoms with van der Waals surface area (Å²) in [5.41, 5.74) is 1.73. The van der Waals surface area contributed by atoms with Crippen molar-refractivity contribution in [2.45, 2.75) is 0 Å². The van der Waals surface area contributed by atoms with Gasteiger partial charge in [-0.3, -0.25) is 4.99 Å². The van der Waals surface area contributed by atoms with Crippen molar-refractivity contribution in [2.75, 3.05) is 0 Å². The van der Waals surface area contributed by atoms with Crippen LogP contribution in [0, 0.1) is 11.3 Å². The SMILES string of the molecule is N#Cc1ccccc1N=Cc1ccccc1O.[Li]. The standard InChI is InChI=1S/C14H10N2O.Li/c15-9-11-5-1-3-7-13(11)16-10-12-6-2-4-8-14(12)17;/h1-8,10,17H;. The van der Waals surface area contributed by atoms with Crippen molar-refractivity contribution < 1.29 is 5.11 Å². The molecule has 1 radical (unpaired) electrons. The molecule has 0 amide bonds. The molecule has 0 fully saturated rings. The first-order valence-electron chi connectivity index (χ1n) is 5.12. The van der Waals surface area contributed by atoms with Crippen LogP contribution in [0.25, 0.3) is 0 Å². The summed E-state index contributed by atoms with van der Waals surface area (Å²) < 4.78 is 0. The van der Waals surface area contributed by atoms with Gasteiger partial charge in [0.05, 0.1) is 11.3 Å². The molecule has 0 atom stereocenters. The van der Waals surface area contributed by atoms with Gasteiger partial charge in [0.25, 0.3) is 0 Å². The average molecular weight is 229 g/mol. The molecule has 0 unspecified atom stereocenters. The number of nitriles is 1. The van der Waals surface area contributed by atoms with Crippen LogP contribution in [0.3, 0.4) is 0 Å². The fourth-order valence-electron chi connectivity index (χ4n) is 1.42. The van der Waals surface area contributed by atoms with Crippen LogP contribution in [-0.2, 0) is 0 Å². The smallest absolute Gasteiger partial charge is 0.124 e. The molecule has 0 aliphatic carbocycles. The first-order valence-corrected chi connectivity index (χ1v) is 5.12. The zero-order chi connectivity index (χ0) is 12.1. The quantitative estimate of drug-likeness (QED) is 0.635. The number of para-hydroxylation sites is 2. The van der Waals surface area contributed by atoms with Crippen molar-refractivity contribution in [1.82, 2.24) is 0 Å². The maximum absolute atomic E-state index is 9.56. The van der Waals surface area contributed by atoms with Crippen molar-refractivity contribution in [3.8, 4) is 11.8 Å². The Morgan fingerprint density at radius 2 is 1.72 bits per heavy atom. The van der Waals surface area contributed by atoms with Crippen LogP contribution in [-0.4, -0.2) is 30.2 Å². The molecule has 0 spiro atoms. The molecule has 2 aromatic carbocycles. The molecule has 0 saturated carbocycles. The van der Waals surface area contributed by atoms with E-state index in [4.69, 9.17) is 5.26 Å². The second-order valence-corrected chi connectivity index (χ2v) is 3.45. The van der Waals surface area contributed by atoms with E-state index in [9.17, 15) is 5.11 Å². The van der Waals surface area contributed by atoms with Crippen molar-refractivity contribution in [3.63, 3.8) is 0 Å². The number of phenols is 1. The van der Waals surface area contributed by atoms with Crippen LogP contribution in [0.15, 0.2) is 53.5 Å². The molecule has 3 nitrogen and oxygen atoms in total. The predicted octanol–water partition coefficient (Wildman–Crippen LogP) is 2.63. The first-order chi connectivity index (χ1) is 8.31. The zero-order valence-electron chi connectivity index (χ0n) is 10.0. The Morgan fingerprint density at radius 3 is 2.44 bits per heavy atom. The Hall–Kier alpha value is -2.00. The average Bonchev–Trinajstić information content (AvgIpc) is 2.38. The molecule has 0 aliphatic rings. The van der Waals surface area contributed by atoms with Gasteiger partial charge in [0.1, 0.15) is 11.8 Å². The van der Waals surface area contributed by atoms with E-state index < -0.39 is 0 Å². The molecule has 4 heteroatoms. The summed E-state index contributed by atoms with van der Waals surface area (Å²) in [4.78, 5) is 4.20. The Morgan fingerprint density at radius 1 is 1.06 bits per heavy atom.